The van der Waals surface area contributed by atoms with Crippen molar-refractivity contribution in [1.29, 1.82) is 0 Å². The van der Waals surface area contributed by atoms with Gasteiger partial charge in [0.05, 0.1) is 29.2 Å². The van der Waals surface area contributed by atoms with Crippen molar-refractivity contribution in [2.24, 2.45) is 0 Å². The van der Waals surface area contributed by atoms with E-state index in [0.717, 1.165) is 33.4 Å². The molecule has 0 fully saturated rings. The molecule has 3 nitrogen and oxygen atoms in total. The minimum Gasteiger partial charge on any atom is -0.497 e. The van der Waals surface area contributed by atoms with E-state index < -0.39 is 0 Å². The van der Waals surface area contributed by atoms with Crippen LogP contribution in [0.15, 0.2) is 36.4 Å². The largest absolute Gasteiger partial charge is 0.497 e. The Hall–Kier alpha value is -2.16. The summed E-state index contributed by atoms with van der Waals surface area (Å²) >= 11 is 0. The third kappa shape index (κ3) is 1.60. The second kappa shape index (κ2) is 3.70. The van der Waals surface area contributed by atoms with Gasteiger partial charge >= 0.3 is 0 Å². The molecular formula is C14H12N2O. The number of nitrogens with zero attached hydrogens (tertiary/aromatic N) is 2. The molecule has 0 amide bonds. The van der Waals surface area contributed by atoms with Crippen molar-refractivity contribution in [2.45, 2.75) is 6.92 Å². The average Bonchev–Trinajstić information content (AvgIpc) is 2.36. The summed E-state index contributed by atoms with van der Waals surface area (Å²) in [5.74, 6) is 0.819. The molecule has 0 aliphatic carbocycles. The van der Waals surface area contributed by atoms with Gasteiger partial charge in [-0.05, 0) is 30.7 Å². The molecule has 0 atom stereocenters. The Labute approximate surface area is 99.1 Å². The summed E-state index contributed by atoms with van der Waals surface area (Å²) in [5, 5.41) is 0. The Balaban J connectivity index is 2.43. The average molecular weight is 224 g/mol. The molecule has 17 heavy (non-hydrogen) atoms. The second-order valence-corrected chi connectivity index (χ2v) is 4.02. The number of aryl methyl sites for hydroxylation is 1. The number of hydrogen-bond acceptors (Lipinski definition) is 3. The Morgan fingerprint density at radius 2 is 1.65 bits per heavy atom. The van der Waals surface area contributed by atoms with E-state index >= 15 is 0 Å². The lowest BCUT2D eigenvalue weighted by Crippen LogP contribution is -1.92. The van der Waals surface area contributed by atoms with Gasteiger partial charge in [-0.3, -0.25) is 0 Å². The molecular weight excluding hydrogens is 212 g/mol. The zero-order chi connectivity index (χ0) is 11.8. The van der Waals surface area contributed by atoms with Crippen molar-refractivity contribution in [3.05, 3.63) is 42.0 Å². The zero-order valence-electron chi connectivity index (χ0n) is 9.77. The second-order valence-electron chi connectivity index (χ2n) is 4.02. The smallest absolute Gasteiger partial charge is 0.121 e. The zero-order valence-corrected chi connectivity index (χ0v) is 9.77. The molecule has 0 saturated heterocycles. The minimum absolute atomic E-state index is 0.819. The van der Waals surface area contributed by atoms with Gasteiger partial charge in [-0.15, -0.1) is 0 Å². The monoisotopic (exact) mass is 224 g/mol. The van der Waals surface area contributed by atoms with E-state index in [1.807, 2.05) is 43.3 Å². The molecule has 3 heteroatoms. The molecule has 0 spiro atoms. The third-order valence-corrected chi connectivity index (χ3v) is 2.84. The van der Waals surface area contributed by atoms with Crippen LogP contribution in [0.3, 0.4) is 0 Å². The summed E-state index contributed by atoms with van der Waals surface area (Å²) in [5.41, 5.74) is 4.73. The Kier molecular flexibility index (Phi) is 2.18. The Morgan fingerprint density at radius 3 is 2.35 bits per heavy atom. The normalized spacial score (nSPS) is 10.9. The highest BCUT2D eigenvalue weighted by atomic mass is 16.5. The van der Waals surface area contributed by atoms with Crippen LogP contribution >= 0.6 is 0 Å². The fourth-order valence-electron chi connectivity index (χ4n) is 1.98. The van der Waals surface area contributed by atoms with Gasteiger partial charge in [-0.25, -0.2) is 9.97 Å². The highest BCUT2D eigenvalue weighted by Gasteiger charge is 2.05. The lowest BCUT2D eigenvalue weighted by atomic mass is 10.1. The van der Waals surface area contributed by atoms with Crippen LogP contribution in [0.2, 0.25) is 0 Å². The van der Waals surface area contributed by atoms with Crippen LogP contribution in [0.25, 0.3) is 22.1 Å². The van der Waals surface area contributed by atoms with Crippen LogP contribution in [0, 0.1) is 6.92 Å². The van der Waals surface area contributed by atoms with Gasteiger partial charge in [-0.2, -0.15) is 0 Å². The highest BCUT2D eigenvalue weighted by Crippen LogP contribution is 2.24. The van der Waals surface area contributed by atoms with Gasteiger partial charge in [0.2, 0.25) is 0 Å². The van der Waals surface area contributed by atoms with Crippen LogP contribution in [0.1, 0.15) is 5.56 Å². The number of aromatic nitrogens is 2. The molecule has 0 saturated carbocycles. The Bertz CT molecular complexity index is 707. The maximum absolute atomic E-state index is 5.25. The van der Waals surface area contributed by atoms with Crippen LogP contribution < -0.4 is 4.74 Å². The number of ether oxygens (including phenoxy) is 1. The third-order valence-electron chi connectivity index (χ3n) is 2.84. The predicted molar refractivity (Wildman–Crippen MR) is 68.3 cm³/mol. The van der Waals surface area contributed by atoms with Gasteiger partial charge in [0.25, 0.3) is 0 Å². The van der Waals surface area contributed by atoms with E-state index in [1.54, 1.807) is 7.11 Å². The van der Waals surface area contributed by atoms with Crippen LogP contribution in [0.4, 0.5) is 0 Å². The molecule has 3 aromatic rings. The molecule has 0 bridgehead atoms. The minimum atomic E-state index is 0.819. The number of hydrogen-bond donors (Lipinski definition) is 0. The predicted octanol–water partition coefficient (Wildman–Crippen LogP) is 3.10. The molecule has 1 heterocycles. The first-order chi connectivity index (χ1) is 8.28. The van der Waals surface area contributed by atoms with Gasteiger partial charge in [0.1, 0.15) is 5.75 Å². The molecule has 84 valence electrons. The van der Waals surface area contributed by atoms with E-state index in [1.165, 1.54) is 0 Å². The number of benzene rings is 2. The van der Waals surface area contributed by atoms with E-state index in [0.29, 0.717) is 0 Å². The van der Waals surface area contributed by atoms with E-state index in [9.17, 15) is 0 Å². The van der Waals surface area contributed by atoms with Gasteiger partial charge in [-0.1, -0.05) is 12.1 Å². The molecule has 1 aromatic heterocycles. The molecule has 0 unspecified atom stereocenters. The molecule has 0 N–H and O–H groups in total. The van der Waals surface area contributed by atoms with Crippen molar-refractivity contribution < 1.29 is 4.74 Å². The summed E-state index contributed by atoms with van der Waals surface area (Å²) in [6.07, 6.45) is 0. The molecule has 2 aromatic carbocycles. The van der Waals surface area contributed by atoms with Crippen molar-refractivity contribution in [3.8, 4) is 5.75 Å². The topological polar surface area (TPSA) is 35.0 Å². The fraction of sp³-hybridized carbons (Fsp3) is 0.143. The first-order valence-electron chi connectivity index (χ1n) is 5.49. The lowest BCUT2D eigenvalue weighted by molar-refractivity contribution is 0.415. The van der Waals surface area contributed by atoms with Gasteiger partial charge < -0.3 is 4.74 Å². The lowest BCUT2D eigenvalue weighted by Gasteiger charge is -2.06. The number of fused-ring (bicyclic) bond motifs is 2. The van der Waals surface area contributed by atoms with Crippen molar-refractivity contribution >= 4 is 22.1 Å². The van der Waals surface area contributed by atoms with Gasteiger partial charge in [0, 0.05) is 6.07 Å². The number of methoxy groups -OCH3 is 1. The number of rotatable bonds is 1. The first kappa shape index (κ1) is 10.0. The van der Waals surface area contributed by atoms with Crippen molar-refractivity contribution in [2.75, 3.05) is 7.11 Å². The first-order valence-corrected chi connectivity index (χ1v) is 5.49. The quantitative estimate of drug-likeness (QED) is 0.596. The standard InChI is InChI=1S/C14H12N2O/c1-9-7-10(17-2)8-13-14(9)16-12-6-4-3-5-11(12)15-13/h3-8H,1-2H3. The van der Waals surface area contributed by atoms with Gasteiger partial charge in [0.15, 0.2) is 0 Å². The summed E-state index contributed by atoms with van der Waals surface area (Å²) in [4.78, 5) is 9.24. The Morgan fingerprint density at radius 1 is 0.941 bits per heavy atom. The summed E-state index contributed by atoms with van der Waals surface area (Å²) in [7, 11) is 1.66. The van der Waals surface area contributed by atoms with E-state index in [2.05, 4.69) is 9.97 Å². The maximum atomic E-state index is 5.25. The molecule has 0 aliphatic heterocycles. The van der Waals surface area contributed by atoms with Crippen molar-refractivity contribution in [1.82, 2.24) is 9.97 Å². The van der Waals surface area contributed by atoms with Crippen LogP contribution in [-0.2, 0) is 0 Å². The van der Waals surface area contributed by atoms with E-state index in [4.69, 9.17) is 4.74 Å². The van der Waals surface area contributed by atoms with Crippen LogP contribution in [0.5, 0.6) is 5.75 Å². The molecule has 3 rings (SSSR count). The van der Waals surface area contributed by atoms with E-state index in [-0.39, 0.29) is 0 Å². The van der Waals surface area contributed by atoms with Crippen molar-refractivity contribution in [3.63, 3.8) is 0 Å². The SMILES string of the molecule is COc1cc(C)c2nc3ccccc3nc2c1. The molecule has 0 aliphatic rings. The summed E-state index contributed by atoms with van der Waals surface area (Å²) < 4.78 is 5.25. The summed E-state index contributed by atoms with van der Waals surface area (Å²) in [6, 6.07) is 11.8. The molecule has 0 radical (unpaired) electrons. The fourth-order valence-corrected chi connectivity index (χ4v) is 1.98. The highest BCUT2D eigenvalue weighted by molar-refractivity contribution is 5.88. The van der Waals surface area contributed by atoms with Crippen LogP contribution in [-0.4, -0.2) is 17.1 Å². The summed E-state index contributed by atoms with van der Waals surface area (Å²) in [6.45, 7) is 2.02. The maximum Gasteiger partial charge on any atom is 0.121 e. The number of para-hydroxylation sites is 2.